The van der Waals surface area contributed by atoms with E-state index >= 15 is 0 Å². The van der Waals surface area contributed by atoms with Crippen LogP contribution in [0.2, 0.25) is 10.0 Å². The molecule has 0 saturated carbocycles. The van der Waals surface area contributed by atoms with Gasteiger partial charge in [0.1, 0.15) is 11.6 Å². The van der Waals surface area contributed by atoms with Gasteiger partial charge >= 0.3 is 0 Å². The van der Waals surface area contributed by atoms with Gasteiger partial charge in [0.15, 0.2) is 0 Å². The lowest BCUT2D eigenvalue weighted by Gasteiger charge is -2.03. The van der Waals surface area contributed by atoms with Crippen LogP contribution >= 0.6 is 23.2 Å². The number of benzene rings is 2. The van der Waals surface area contributed by atoms with Gasteiger partial charge in [-0.05, 0) is 24.3 Å². The summed E-state index contributed by atoms with van der Waals surface area (Å²) in [5.41, 5.74) is 4.00. The molecule has 0 aromatic heterocycles. The van der Waals surface area contributed by atoms with Crippen molar-refractivity contribution in [3.63, 3.8) is 0 Å². The lowest BCUT2D eigenvalue weighted by Crippen LogP contribution is -2.32. The maximum absolute atomic E-state index is 13.6. The van der Waals surface area contributed by atoms with Gasteiger partial charge in [-0.3, -0.25) is 9.59 Å². The molecule has 2 aromatic carbocycles. The van der Waals surface area contributed by atoms with E-state index in [1.54, 1.807) is 0 Å². The Bertz CT molecular complexity index is 844. The van der Waals surface area contributed by atoms with Crippen molar-refractivity contribution >= 4 is 47.2 Å². The number of carbonyl (C=O) groups is 2. The van der Waals surface area contributed by atoms with E-state index in [-0.39, 0.29) is 21.2 Å². The Morgan fingerprint density at radius 3 is 1.63 bits per heavy atom. The highest BCUT2D eigenvalue weighted by atomic mass is 35.5. The monoisotopic (exact) mass is 412 g/mol. The standard InChI is InChI=1S/C18H12Cl2F2N2O3/c19-13-5-1-3-11(17(13)21)7-9-15(25)23-27-24-16(26)10-8-12-4-2-6-14(20)18(12)22/h1-10H,(H,23,25)(H,24,26)/b9-7+,10-8+. The van der Waals surface area contributed by atoms with E-state index in [1.165, 1.54) is 48.6 Å². The van der Waals surface area contributed by atoms with Gasteiger partial charge in [-0.15, -0.1) is 0 Å². The normalized spacial score (nSPS) is 11.1. The molecule has 0 atom stereocenters. The van der Waals surface area contributed by atoms with Gasteiger partial charge in [0.2, 0.25) is 0 Å². The van der Waals surface area contributed by atoms with E-state index in [4.69, 9.17) is 23.2 Å². The second kappa shape index (κ2) is 9.82. The van der Waals surface area contributed by atoms with Crippen molar-refractivity contribution in [2.24, 2.45) is 0 Å². The molecule has 0 unspecified atom stereocenters. The zero-order valence-corrected chi connectivity index (χ0v) is 15.0. The molecule has 2 rings (SSSR count). The smallest absolute Gasteiger partial charge is 0.268 e. The Kier molecular flexibility index (Phi) is 7.48. The van der Waals surface area contributed by atoms with Crippen LogP contribution in [0.5, 0.6) is 0 Å². The molecule has 0 aliphatic carbocycles. The third-order valence-corrected chi connectivity index (χ3v) is 3.68. The second-order valence-electron chi connectivity index (χ2n) is 4.99. The maximum atomic E-state index is 13.6. The molecule has 0 heterocycles. The molecule has 9 heteroatoms. The van der Waals surface area contributed by atoms with Gasteiger partial charge in [0.25, 0.3) is 11.8 Å². The highest BCUT2D eigenvalue weighted by Crippen LogP contribution is 2.19. The van der Waals surface area contributed by atoms with Crippen LogP contribution in [0.4, 0.5) is 8.78 Å². The summed E-state index contributed by atoms with van der Waals surface area (Å²) in [7, 11) is 0. The average Bonchev–Trinajstić information content (AvgIpc) is 2.64. The van der Waals surface area contributed by atoms with Crippen LogP contribution in [0.15, 0.2) is 48.6 Å². The van der Waals surface area contributed by atoms with E-state index in [0.717, 1.165) is 12.2 Å². The van der Waals surface area contributed by atoms with Gasteiger partial charge in [0, 0.05) is 23.3 Å². The van der Waals surface area contributed by atoms with Crippen molar-refractivity contribution in [1.29, 1.82) is 0 Å². The second-order valence-corrected chi connectivity index (χ2v) is 5.80. The summed E-state index contributed by atoms with van der Waals surface area (Å²) in [6, 6.07) is 8.63. The molecule has 2 N–H and O–H groups in total. The molecule has 0 fully saturated rings. The Hall–Kier alpha value is -2.74. The van der Waals surface area contributed by atoms with Gasteiger partial charge in [0.05, 0.1) is 10.0 Å². The fraction of sp³-hybridized carbons (Fsp3) is 0. The minimum Gasteiger partial charge on any atom is -0.268 e. The lowest BCUT2D eigenvalue weighted by molar-refractivity contribution is -0.145. The zero-order chi connectivity index (χ0) is 19.8. The summed E-state index contributed by atoms with van der Waals surface area (Å²) >= 11 is 11.2. The predicted molar refractivity (Wildman–Crippen MR) is 98.3 cm³/mol. The first-order chi connectivity index (χ1) is 12.9. The quantitative estimate of drug-likeness (QED) is 0.554. The van der Waals surface area contributed by atoms with Gasteiger partial charge in [-0.2, -0.15) is 4.94 Å². The Labute approximate surface area is 163 Å². The third kappa shape index (κ3) is 6.18. The highest BCUT2D eigenvalue weighted by Gasteiger charge is 2.05. The average molecular weight is 413 g/mol. The van der Waals surface area contributed by atoms with Crippen LogP contribution in [0.1, 0.15) is 11.1 Å². The van der Waals surface area contributed by atoms with Crippen molar-refractivity contribution in [3.8, 4) is 0 Å². The molecule has 0 saturated heterocycles. The van der Waals surface area contributed by atoms with Crippen LogP contribution in [-0.2, 0) is 14.5 Å². The molecule has 0 aliphatic rings. The van der Waals surface area contributed by atoms with Crippen LogP contribution in [0.25, 0.3) is 12.2 Å². The minimum absolute atomic E-state index is 0.0796. The Morgan fingerprint density at radius 1 is 0.815 bits per heavy atom. The number of amides is 2. The van der Waals surface area contributed by atoms with Crippen molar-refractivity contribution in [1.82, 2.24) is 11.0 Å². The van der Waals surface area contributed by atoms with E-state index in [0.29, 0.717) is 0 Å². The van der Waals surface area contributed by atoms with E-state index in [9.17, 15) is 18.4 Å². The van der Waals surface area contributed by atoms with Crippen LogP contribution < -0.4 is 11.0 Å². The van der Waals surface area contributed by atoms with E-state index in [1.807, 2.05) is 11.0 Å². The van der Waals surface area contributed by atoms with E-state index < -0.39 is 23.4 Å². The highest BCUT2D eigenvalue weighted by molar-refractivity contribution is 6.31. The van der Waals surface area contributed by atoms with Crippen molar-refractivity contribution < 1.29 is 23.3 Å². The number of hydrogen-bond donors (Lipinski definition) is 2. The number of hydroxylamine groups is 2. The lowest BCUT2D eigenvalue weighted by atomic mass is 10.2. The minimum atomic E-state index is -0.764. The SMILES string of the molecule is O=C(/C=C/c1cccc(Cl)c1F)NONC(=O)/C=C/c1cccc(Cl)c1F. The summed E-state index contributed by atoms with van der Waals surface area (Å²) in [5.74, 6) is -2.87. The van der Waals surface area contributed by atoms with Gasteiger partial charge < -0.3 is 0 Å². The first-order valence-corrected chi connectivity index (χ1v) is 8.14. The number of hydrogen-bond acceptors (Lipinski definition) is 3. The third-order valence-electron chi connectivity index (χ3n) is 3.09. The molecule has 0 radical (unpaired) electrons. The van der Waals surface area contributed by atoms with E-state index in [2.05, 4.69) is 4.94 Å². The molecule has 2 amide bonds. The molecule has 27 heavy (non-hydrogen) atoms. The Balaban J connectivity index is 1.81. The molecule has 5 nitrogen and oxygen atoms in total. The summed E-state index contributed by atoms with van der Waals surface area (Å²) in [5, 5.41) is -0.159. The number of carbonyl (C=O) groups excluding carboxylic acids is 2. The molecular formula is C18H12Cl2F2N2O3. The summed E-state index contributed by atoms with van der Waals surface area (Å²) in [4.78, 5) is 27.6. The number of rotatable bonds is 6. The fourth-order valence-corrected chi connectivity index (χ4v) is 2.19. The van der Waals surface area contributed by atoms with Crippen LogP contribution in [0.3, 0.4) is 0 Å². The first kappa shape index (κ1) is 20.6. The molecule has 0 aliphatic heterocycles. The largest absolute Gasteiger partial charge is 0.269 e. The summed E-state index contributed by atoms with van der Waals surface area (Å²) in [6.07, 6.45) is 4.34. The topological polar surface area (TPSA) is 67.4 Å². The number of halogens is 4. The fourth-order valence-electron chi connectivity index (χ4n) is 1.82. The first-order valence-electron chi connectivity index (χ1n) is 7.38. The molecular weight excluding hydrogens is 401 g/mol. The molecule has 0 bridgehead atoms. The van der Waals surface area contributed by atoms with Gasteiger partial charge in [-0.25, -0.2) is 19.7 Å². The van der Waals surface area contributed by atoms with Crippen LogP contribution in [-0.4, -0.2) is 11.8 Å². The summed E-state index contributed by atoms with van der Waals surface area (Å²) in [6.45, 7) is 0. The summed E-state index contributed by atoms with van der Waals surface area (Å²) < 4.78 is 27.3. The van der Waals surface area contributed by atoms with Crippen molar-refractivity contribution in [2.75, 3.05) is 0 Å². The Morgan fingerprint density at radius 2 is 1.22 bits per heavy atom. The van der Waals surface area contributed by atoms with Crippen molar-refractivity contribution in [2.45, 2.75) is 0 Å². The molecule has 140 valence electrons. The number of nitrogens with one attached hydrogen (secondary N) is 2. The molecule has 2 aromatic rings. The maximum Gasteiger partial charge on any atom is 0.269 e. The van der Waals surface area contributed by atoms with Crippen LogP contribution in [0, 0.1) is 11.6 Å². The molecule has 0 spiro atoms. The van der Waals surface area contributed by atoms with Crippen molar-refractivity contribution in [3.05, 3.63) is 81.4 Å². The van der Waals surface area contributed by atoms with Gasteiger partial charge in [-0.1, -0.05) is 47.5 Å². The predicted octanol–water partition coefficient (Wildman–Crippen LogP) is 4.08. The zero-order valence-electron chi connectivity index (χ0n) is 13.5.